The first-order valence-electron chi connectivity index (χ1n) is 5.70. The van der Waals surface area contributed by atoms with Crippen LogP contribution in [0.5, 0.6) is 0 Å². The second kappa shape index (κ2) is 8.79. The van der Waals surface area contributed by atoms with Gasteiger partial charge in [-0.3, -0.25) is 9.59 Å². The van der Waals surface area contributed by atoms with Crippen LogP contribution >= 0.6 is 11.8 Å². The Morgan fingerprint density at radius 3 is 2.33 bits per heavy atom. The van der Waals surface area contributed by atoms with Gasteiger partial charge in [0, 0.05) is 12.7 Å². The minimum Gasteiger partial charge on any atom is -0.480 e. The quantitative estimate of drug-likeness (QED) is 0.633. The van der Waals surface area contributed by atoms with Crippen LogP contribution in [-0.2, 0) is 19.1 Å². The Bertz CT molecular complexity index is 308. The Morgan fingerprint density at radius 1 is 1.33 bits per heavy atom. The lowest BCUT2D eigenvalue weighted by Gasteiger charge is -2.17. The number of carboxylic acids is 1. The molecule has 0 spiro atoms. The summed E-state index contributed by atoms with van der Waals surface area (Å²) < 4.78 is 4.87. The zero-order valence-corrected chi connectivity index (χ0v) is 11.6. The summed E-state index contributed by atoms with van der Waals surface area (Å²) in [5.41, 5.74) is 0. The van der Waals surface area contributed by atoms with Crippen LogP contribution in [0.15, 0.2) is 0 Å². The standard InChI is InChI=1S/C11H19NO5S/c1-4-9(11(16)17-5-2)18-6-8(10(14)15)12-7(3)13/h8-9H,4-6H2,1-3H3,(H,12,13)(H,14,15). The van der Waals surface area contributed by atoms with E-state index < -0.39 is 23.2 Å². The van der Waals surface area contributed by atoms with Crippen molar-refractivity contribution in [1.82, 2.24) is 5.32 Å². The summed E-state index contributed by atoms with van der Waals surface area (Å²) in [7, 11) is 0. The summed E-state index contributed by atoms with van der Waals surface area (Å²) >= 11 is 1.18. The molecule has 0 heterocycles. The van der Waals surface area contributed by atoms with Gasteiger partial charge in [0.1, 0.15) is 11.3 Å². The monoisotopic (exact) mass is 277 g/mol. The minimum absolute atomic E-state index is 0.131. The molecule has 6 nitrogen and oxygen atoms in total. The molecule has 2 N–H and O–H groups in total. The van der Waals surface area contributed by atoms with Crippen molar-refractivity contribution in [3.63, 3.8) is 0 Å². The predicted octanol–water partition coefficient (Wildman–Crippen LogP) is 0.651. The number of hydrogen-bond acceptors (Lipinski definition) is 5. The highest BCUT2D eigenvalue weighted by atomic mass is 32.2. The first-order chi connectivity index (χ1) is 8.42. The summed E-state index contributed by atoms with van der Waals surface area (Å²) in [5.74, 6) is -1.74. The zero-order chi connectivity index (χ0) is 14.1. The van der Waals surface area contributed by atoms with Crippen LogP contribution in [0.3, 0.4) is 0 Å². The van der Waals surface area contributed by atoms with E-state index in [-0.39, 0.29) is 11.7 Å². The molecular formula is C11H19NO5S. The molecule has 0 aromatic rings. The van der Waals surface area contributed by atoms with Gasteiger partial charge in [0.05, 0.1) is 6.61 Å². The molecule has 0 aliphatic heterocycles. The smallest absolute Gasteiger partial charge is 0.327 e. The second-order valence-electron chi connectivity index (χ2n) is 3.57. The number of hydrogen-bond donors (Lipinski definition) is 2. The molecule has 104 valence electrons. The average molecular weight is 277 g/mol. The lowest BCUT2D eigenvalue weighted by atomic mass is 10.3. The fraction of sp³-hybridized carbons (Fsp3) is 0.727. The van der Waals surface area contributed by atoms with Crippen molar-refractivity contribution in [2.45, 2.75) is 38.5 Å². The summed E-state index contributed by atoms with van der Waals surface area (Å²) in [6, 6.07) is -0.990. The molecule has 0 aliphatic rings. The van der Waals surface area contributed by atoms with E-state index in [1.165, 1.54) is 18.7 Å². The molecule has 0 aromatic heterocycles. The lowest BCUT2D eigenvalue weighted by molar-refractivity contribution is -0.142. The van der Waals surface area contributed by atoms with E-state index in [0.29, 0.717) is 13.0 Å². The fourth-order valence-corrected chi connectivity index (χ4v) is 2.31. The molecule has 0 bridgehead atoms. The number of ether oxygens (including phenoxy) is 1. The van der Waals surface area contributed by atoms with Crippen LogP contribution in [0.1, 0.15) is 27.2 Å². The van der Waals surface area contributed by atoms with Crippen LogP contribution in [0, 0.1) is 0 Å². The fourth-order valence-electron chi connectivity index (χ4n) is 1.22. The van der Waals surface area contributed by atoms with Gasteiger partial charge in [-0.15, -0.1) is 11.8 Å². The number of carbonyl (C=O) groups excluding carboxylic acids is 2. The summed E-state index contributed by atoms with van der Waals surface area (Å²) in [5, 5.41) is 10.8. The number of amides is 1. The molecule has 1 amide bonds. The van der Waals surface area contributed by atoms with Crippen LogP contribution in [0.25, 0.3) is 0 Å². The molecule has 7 heteroatoms. The van der Waals surface area contributed by atoms with E-state index in [9.17, 15) is 14.4 Å². The van der Waals surface area contributed by atoms with Gasteiger partial charge in [0.15, 0.2) is 0 Å². The van der Waals surface area contributed by atoms with Crippen molar-refractivity contribution in [1.29, 1.82) is 0 Å². The number of rotatable bonds is 8. The second-order valence-corrected chi connectivity index (χ2v) is 4.81. The van der Waals surface area contributed by atoms with Gasteiger partial charge in [0.25, 0.3) is 0 Å². The largest absolute Gasteiger partial charge is 0.480 e. The van der Waals surface area contributed by atoms with E-state index in [4.69, 9.17) is 9.84 Å². The maximum absolute atomic E-state index is 11.5. The minimum atomic E-state index is -1.11. The van der Waals surface area contributed by atoms with Gasteiger partial charge < -0.3 is 15.2 Å². The van der Waals surface area contributed by atoms with Crippen molar-refractivity contribution < 1.29 is 24.2 Å². The molecule has 0 aliphatic carbocycles. The van der Waals surface area contributed by atoms with Gasteiger partial charge in [-0.25, -0.2) is 4.79 Å². The van der Waals surface area contributed by atoms with E-state index in [0.717, 1.165) is 0 Å². The summed E-state index contributed by atoms with van der Waals surface area (Å²) in [6.07, 6.45) is 0.551. The number of esters is 1. The molecule has 0 saturated heterocycles. The molecule has 2 unspecified atom stereocenters. The van der Waals surface area contributed by atoms with Crippen molar-refractivity contribution in [2.24, 2.45) is 0 Å². The lowest BCUT2D eigenvalue weighted by Crippen LogP contribution is -2.42. The van der Waals surface area contributed by atoms with Crippen molar-refractivity contribution in [3.8, 4) is 0 Å². The maximum Gasteiger partial charge on any atom is 0.327 e. The molecule has 0 radical (unpaired) electrons. The molecule has 2 atom stereocenters. The van der Waals surface area contributed by atoms with E-state index >= 15 is 0 Å². The van der Waals surface area contributed by atoms with E-state index in [2.05, 4.69) is 5.32 Å². The van der Waals surface area contributed by atoms with Gasteiger partial charge >= 0.3 is 11.9 Å². The molecule has 0 aromatic carbocycles. The molecule has 0 rings (SSSR count). The highest BCUT2D eigenvalue weighted by molar-refractivity contribution is 8.00. The van der Waals surface area contributed by atoms with Gasteiger partial charge in [-0.05, 0) is 13.3 Å². The third-order valence-electron chi connectivity index (χ3n) is 2.06. The Kier molecular flexibility index (Phi) is 8.19. The first kappa shape index (κ1) is 16.8. The van der Waals surface area contributed by atoms with Crippen molar-refractivity contribution in [2.75, 3.05) is 12.4 Å². The molecule has 0 fully saturated rings. The Hall–Kier alpha value is -1.24. The molecule has 0 saturated carbocycles. The third kappa shape index (κ3) is 6.48. The highest BCUT2D eigenvalue weighted by Gasteiger charge is 2.24. The normalized spacial score (nSPS) is 13.5. The van der Waals surface area contributed by atoms with Crippen molar-refractivity contribution >= 4 is 29.6 Å². The van der Waals surface area contributed by atoms with Crippen LogP contribution in [-0.4, -0.2) is 46.6 Å². The van der Waals surface area contributed by atoms with Crippen LogP contribution in [0.4, 0.5) is 0 Å². The van der Waals surface area contributed by atoms with Crippen LogP contribution < -0.4 is 5.32 Å². The summed E-state index contributed by atoms with van der Waals surface area (Å²) in [6.45, 7) is 5.09. The van der Waals surface area contributed by atoms with Gasteiger partial charge in [0.2, 0.25) is 5.91 Å². The Labute approximate surface area is 110 Å². The number of aliphatic carboxylic acids is 1. The van der Waals surface area contributed by atoms with E-state index in [1.807, 2.05) is 6.92 Å². The van der Waals surface area contributed by atoms with Gasteiger partial charge in [-0.2, -0.15) is 0 Å². The highest BCUT2D eigenvalue weighted by Crippen LogP contribution is 2.17. The SMILES string of the molecule is CCOC(=O)C(CC)SCC(NC(C)=O)C(=O)O. The maximum atomic E-state index is 11.5. The molecular weight excluding hydrogens is 258 g/mol. The number of carbonyl (C=O) groups is 3. The van der Waals surface area contributed by atoms with Crippen LogP contribution in [0.2, 0.25) is 0 Å². The first-order valence-corrected chi connectivity index (χ1v) is 6.75. The predicted molar refractivity (Wildman–Crippen MR) is 68.4 cm³/mol. The third-order valence-corrected chi connectivity index (χ3v) is 3.51. The average Bonchev–Trinajstić information content (AvgIpc) is 2.27. The Morgan fingerprint density at radius 2 is 1.94 bits per heavy atom. The number of nitrogens with one attached hydrogen (secondary N) is 1. The zero-order valence-electron chi connectivity index (χ0n) is 10.8. The number of thioether (sulfide) groups is 1. The molecule has 18 heavy (non-hydrogen) atoms. The Balaban J connectivity index is 4.34. The van der Waals surface area contributed by atoms with Gasteiger partial charge in [-0.1, -0.05) is 6.92 Å². The number of carboxylic acid groups (broad SMARTS) is 1. The van der Waals surface area contributed by atoms with E-state index in [1.54, 1.807) is 6.92 Å². The van der Waals surface area contributed by atoms with Crippen molar-refractivity contribution in [3.05, 3.63) is 0 Å². The summed E-state index contributed by atoms with van der Waals surface area (Å²) in [4.78, 5) is 33.2. The topological polar surface area (TPSA) is 92.7 Å².